The number of benzene rings is 1. The molecule has 0 heterocycles. The molecule has 0 aromatic heterocycles. The van der Waals surface area contributed by atoms with Crippen LogP contribution in [0, 0.1) is 13.8 Å². The van der Waals surface area contributed by atoms with Crippen LogP contribution in [0.25, 0.3) is 0 Å². The van der Waals surface area contributed by atoms with E-state index in [1.54, 1.807) is 12.1 Å². The molecular formula is C14H21NO3S. The van der Waals surface area contributed by atoms with Gasteiger partial charge in [-0.25, -0.2) is 13.1 Å². The minimum absolute atomic E-state index is 0.280. The van der Waals surface area contributed by atoms with Gasteiger partial charge in [0.2, 0.25) is 10.0 Å². The van der Waals surface area contributed by atoms with Crippen LogP contribution in [0.4, 0.5) is 0 Å². The maximum absolute atomic E-state index is 12.3. The molecule has 0 aliphatic heterocycles. The molecule has 0 radical (unpaired) electrons. The van der Waals surface area contributed by atoms with Crippen LogP contribution in [0.3, 0.4) is 0 Å². The summed E-state index contributed by atoms with van der Waals surface area (Å²) in [7, 11) is -3.55. The molecule has 0 bridgehead atoms. The van der Waals surface area contributed by atoms with Gasteiger partial charge >= 0.3 is 0 Å². The normalized spacial score (nSPS) is 24.4. The smallest absolute Gasteiger partial charge is 0.240 e. The standard InChI is InChI=1S/C14H21NO3S/c1-10-7-11(2)9-12(8-10)19(17,18)15-13-5-3-4-6-14(13)16/h7-9,13-16H,3-6H2,1-2H3. The molecule has 19 heavy (non-hydrogen) atoms. The lowest BCUT2D eigenvalue weighted by atomic mass is 9.93. The third kappa shape index (κ3) is 3.55. The average Bonchev–Trinajstić information content (AvgIpc) is 2.31. The molecule has 1 saturated carbocycles. The summed E-state index contributed by atoms with van der Waals surface area (Å²) >= 11 is 0. The van der Waals surface area contributed by atoms with Gasteiger partial charge in [-0.1, -0.05) is 18.9 Å². The molecule has 1 aliphatic rings. The Morgan fingerprint density at radius 1 is 1.11 bits per heavy atom. The van der Waals surface area contributed by atoms with Crippen molar-refractivity contribution < 1.29 is 13.5 Å². The molecule has 106 valence electrons. The largest absolute Gasteiger partial charge is 0.391 e. The van der Waals surface area contributed by atoms with E-state index < -0.39 is 16.1 Å². The number of rotatable bonds is 3. The summed E-state index contributed by atoms with van der Waals surface area (Å²) in [6.45, 7) is 3.75. The Morgan fingerprint density at radius 2 is 1.68 bits per heavy atom. The Bertz CT molecular complexity index is 534. The van der Waals surface area contributed by atoms with E-state index in [0.717, 1.165) is 24.0 Å². The van der Waals surface area contributed by atoms with Gasteiger partial charge in [-0.15, -0.1) is 0 Å². The summed E-state index contributed by atoms with van der Waals surface area (Å²) in [5.41, 5.74) is 1.84. The number of hydrogen-bond acceptors (Lipinski definition) is 3. The van der Waals surface area contributed by atoms with Crippen molar-refractivity contribution in [2.75, 3.05) is 0 Å². The van der Waals surface area contributed by atoms with Crippen molar-refractivity contribution in [3.05, 3.63) is 29.3 Å². The zero-order chi connectivity index (χ0) is 14.0. The van der Waals surface area contributed by atoms with Crippen molar-refractivity contribution in [1.82, 2.24) is 4.72 Å². The molecule has 1 aliphatic carbocycles. The molecule has 2 unspecified atom stereocenters. The number of sulfonamides is 1. The van der Waals surface area contributed by atoms with E-state index in [0.29, 0.717) is 12.8 Å². The van der Waals surface area contributed by atoms with Crippen LogP contribution in [-0.2, 0) is 10.0 Å². The second kappa shape index (κ2) is 5.61. The number of aliphatic hydroxyl groups is 1. The Hall–Kier alpha value is -0.910. The quantitative estimate of drug-likeness (QED) is 0.890. The van der Waals surface area contributed by atoms with Crippen molar-refractivity contribution in [1.29, 1.82) is 0 Å². The zero-order valence-corrected chi connectivity index (χ0v) is 12.2. The minimum atomic E-state index is -3.55. The molecule has 1 aromatic carbocycles. The van der Waals surface area contributed by atoms with E-state index in [1.807, 2.05) is 19.9 Å². The van der Waals surface area contributed by atoms with Crippen LogP contribution in [0.1, 0.15) is 36.8 Å². The van der Waals surface area contributed by atoms with Crippen molar-refractivity contribution in [3.63, 3.8) is 0 Å². The highest BCUT2D eigenvalue weighted by Crippen LogP contribution is 2.21. The molecule has 2 rings (SSSR count). The van der Waals surface area contributed by atoms with Gasteiger partial charge in [0.25, 0.3) is 0 Å². The Kier molecular flexibility index (Phi) is 4.28. The maximum atomic E-state index is 12.3. The maximum Gasteiger partial charge on any atom is 0.240 e. The fourth-order valence-corrected chi connectivity index (χ4v) is 4.10. The molecular weight excluding hydrogens is 262 g/mol. The van der Waals surface area contributed by atoms with Gasteiger partial charge < -0.3 is 5.11 Å². The summed E-state index contributed by atoms with van der Waals surface area (Å²) in [5.74, 6) is 0. The van der Waals surface area contributed by atoms with Crippen LogP contribution in [0.5, 0.6) is 0 Å². The summed E-state index contributed by atoms with van der Waals surface area (Å²) < 4.78 is 27.3. The average molecular weight is 283 g/mol. The van der Waals surface area contributed by atoms with Crippen LogP contribution in [-0.4, -0.2) is 25.7 Å². The van der Waals surface area contributed by atoms with Crippen molar-refractivity contribution >= 4 is 10.0 Å². The lowest BCUT2D eigenvalue weighted by Gasteiger charge is -2.28. The second-order valence-electron chi connectivity index (χ2n) is 5.40. The lowest BCUT2D eigenvalue weighted by Crippen LogP contribution is -2.44. The highest BCUT2D eigenvalue weighted by Gasteiger charge is 2.28. The van der Waals surface area contributed by atoms with Gasteiger partial charge in [0, 0.05) is 6.04 Å². The zero-order valence-electron chi connectivity index (χ0n) is 11.4. The molecule has 0 saturated heterocycles. The van der Waals surface area contributed by atoms with Gasteiger partial charge in [0.1, 0.15) is 0 Å². The van der Waals surface area contributed by atoms with Crippen LogP contribution in [0.2, 0.25) is 0 Å². The molecule has 5 heteroatoms. The van der Waals surface area contributed by atoms with Crippen molar-refractivity contribution in [2.45, 2.75) is 56.6 Å². The van der Waals surface area contributed by atoms with Gasteiger partial charge in [-0.05, 0) is 49.9 Å². The third-order valence-corrected chi connectivity index (χ3v) is 5.01. The van der Waals surface area contributed by atoms with Crippen molar-refractivity contribution in [2.24, 2.45) is 0 Å². The first-order valence-corrected chi connectivity index (χ1v) is 8.15. The number of aryl methyl sites for hydroxylation is 2. The molecule has 4 nitrogen and oxygen atoms in total. The van der Waals surface area contributed by atoms with Gasteiger partial charge in [-0.2, -0.15) is 0 Å². The van der Waals surface area contributed by atoms with Gasteiger partial charge in [0.15, 0.2) is 0 Å². The fraction of sp³-hybridized carbons (Fsp3) is 0.571. The number of hydrogen-bond donors (Lipinski definition) is 2. The first-order chi connectivity index (χ1) is 8.88. The second-order valence-corrected chi connectivity index (χ2v) is 7.12. The van der Waals surface area contributed by atoms with Crippen LogP contribution < -0.4 is 4.72 Å². The SMILES string of the molecule is Cc1cc(C)cc(S(=O)(=O)NC2CCCCC2O)c1. The lowest BCUT2D eigenvalue weighted by molar-refractivity contribution is 0.101. The first-order valence-electron chi connectivity index (χ1n) is 6.67. The molecule has 1 fully saturated rings. The minimum Gasteiger partial charge on any atom is -0.391 e. The molecule has 0 amide bonds. The monoisotopic (exact) mass is 283 g/mol. The number of aliphatic hydroxyl groups excluding tert-OH is 1. The highest BCUT2D eigenvalue weighted by atomic mass is 32.2. The molecule has 1 aromatic rings. The van der Waals surface area contributed by atoms with Crippen LogP contribution >= 0.6 is 0 Å². The van der Waals surface area contributed by atoms with E-state index in [-0.39, 0.29) is 10.9 Å². The topological polar surface area (TPSA) is 66.4 Å². The summed E-state index contributed by atoms with van der Waals surface area (Å²) in [4.78, 5) is 0.280. The Balaban J connectivity index is 2.22. The molecule has 2 N–H and O–H groups in total. The van der Waals surface area contributed by atoms with Crippen LogP contribution in [0.15, 0.2) is 23.1 Å². The Morgan fingerprint density at radius 3 is 2.26 bits per heavy atom. The predicted octanol–water partition coefficient (Wildman–Crippen LogP) is 1.89. The third-order valence-electron chi connectivity index (χ3n) is 3.54. The first kappa shape index (κ1) is 14.5. The van der Waals surface area contributed by atoms with Gasteiger partial charge in [0.05, 0.1) is 11.0 Å². The predicted molar refractivity (Wildman–Crippen MR) is 74.5 cm³/mol. The van der Waals surface area contributed by atoms with E-state index in [4.69, 9.17) is 0 Å². The highest BCUT2D eigenvalue weighted by molar-refractivity contribution is 7.89. The summed E-state index contributed by atoms with van der Waals surface area (Å²) in [6, 6.07) is 4.89. The van der Waals surface area contributed by atoms with E-state index in [2.05, 4.69) is 4.72 Å². The summed E-state index contributed by atoms with van der Waals surface area (Å²) in [5, 5.41) is 9.86. The molecule has 2 atom stereocenters. The van der Waals surface area contributed by atoms with E-state index in [9.17, 15) is 13.5 Å². The van der Waals surface area contributed by atoms with E-state index in [1.165, 1.54) is 0 Å². The fourth-order valence-electron chi connectivity index (χ4n) is 2.60. The van der Waals surface area contributed by atoms with Crippen molar-refractivity contribution in [3.8, 4) is 0 Å². The summed E-state index contributed by atoms with van der Waals surface area (Å²) in [6.07, 6.45) is 2.71. The number of nitrogens with one attached hydrogen (secondary N) is 1. The molecule has 0 spiro atoms. The Labute approximate surface area is 114 Å². The van der Waals surface area contributed by atoms with Gasteiger partial charge in [-0.3, -0.25) is 0 Å². The van der Waals surface area contributed by atoms with E-state index >= 15 is 0 Å².